The summed E-state index contributed by atoms with van der Waals surface area (Å²) < 4.78 is 20.6. The van der Waals surface area contributed by atoms with Crippen LogP contribution >= 0.6 is 16.8 Å². The van der Waals surface area contributed by atoms with Gasteiger partial charge in [-0.15, -0.1) is 0 Å². The highest BCUT2D eigenvalue weighted by Gasteiger charge is 2.38. The number of oxime groups is 1. The lowest BCUT2D eigenvalue weighted by molar-refractivity contribution is -0.144. The molecule has 0 bridgehead atoms. The molecule has 0 aliphatic carbocycles. The van der Waals surface area contributed by atoms with E-state index in [2.05, 4.69) is 10.1 Å². The Hall–Kier alpha value is -3.20. The van der Waals surface area contributed by atoms with Crippen molar-refractivity contribution >= 4 is 46.1 Å². The van der Waals surface area contributed by atoms with Crippen molar-refractivity contribution in [1.29, 1.82) is 0 Å². The highest BCUT2D eigenvalue weighted by Crippen LogP contribution is 2.51. The fourth-order valence-electron chi connectivity index (χ4n) is 5.09. The number of rotatable bonds is 13. The molecule has 3 heterocycles. The Morgan fingerprint density at radius 3 is 2.43 bits per heavy atom. The number of carbonyl (C=O) groups excluding carboxylic acids is 3. The minimum atomic E-state index is -2.86. The molecule has 1 fully saturated rings. The van der Waals surface area contributed by atoms with Gasteiger partial charge in [-0.05, 0) is 38.4 Å². The average molecular weight is 684 g/mol. The number of cyclic esters (lactones) is 1. The summed E-state index contributed by atoms with van der Waals surface area (Å²) in [5.41, 5.74) is 2.06. The Morgan fingerprint density at radius 2 is 1.85 bits per heavy atom. The van der Waals surface area contributed by atoms with Crippen LogP contribution in [0.25, 0.3) is 11.1 Å². The average Bonchev–Trinajstić information content (AvgIpc) is 3.59. The molecule has 2 aliphatic heterocycles. The number of benzene rings is 1. The first-order chi connectivity index (χ1) is 21.7. The molecule has 3 amide bonds. The number of imide groups is 1. The van der Waals surface area contributed by atoms with E-state index in [9.17, 15) is 39.1 Å². The van der Waals surface area contributed by atoms with Crippen LogP contribution in [0.2, 0.25) is 0 Å². The van der Waals surface area contributed by atoms with E-state index in [0.29, 0.717) is 36.4 Å². The van der Waals surface area contributed by atoms with Crippen molar-refractivity contribution in [2.75, 3.05) is 38.6 Å². The first kappa shape index (κ1) is 35.7. The molecule has 2 aromatic rings. The number of halogens is 1. The molecule has 1 aromatic heterocycles. The molecule has 0 saturated carbocycles. The molecular formula is C28H36FN5O10P2. The maximum Gasteiger partial charge on any atom is 0.414 e. The minimum absolute atomic E-state index is 0.120. The van der Waals surface area contributed by atoms with Crippen LogP contribution < -0.4 is 4.90 Å². The second-order valence-electron chi connectivity index (χ2n) is 11.2. The maximum atomic E-state index is 15.3. The molecule has 2 aliphatic rings. The highest BCUT2D eigenvalue weighted by molar-refractivity contribution is 7.64. The second kappa shape index (κ2) is 15.6. The number of aromatic nitrogens is 1. The van der Waals surface area contributed by atoms with Gasteiger partial charge in [0.15, 0.2) is 16.8 Å². The van der Waals surface area contributed by atoms with Crippen molar-refractivity contribution in [2.24, 2.45) is 5.16 Å². The predicted molar refractivity (Wildman–Crippen MR) is 166 cm³/mol. The van der Waals surface area contributed by atoms with E-state index in [1.807, 2.05) is 19.0 Å². The molecule has 0 radical (unpaired) electrons. The molecule has 1 saturated heterocycles. The van der Waals surface area contributed by atoms with Gasteiger partial charge in [0.05, 0.1) is 30.6 Å². The number of hydrogen-bond acceptors (Lipinski definition) is 13. The van der Waals surface area contributed by atoms with E-state index in [1.165, 1.54) is 18.3 Å². The van der Waals surface area contributed by atoms with Gasteiger partial charge in [-0.3, -0.25) is 24.4 Å². The summed E-state index contributed by atoms with van der Waals surface area (Å²) in [4.78, 5) is 88.7. The quantitative estimate of drug-likeness (QED) is 0.191. The van der Waals surface area contributed by atoms with Crippen molar-refractivity contribution in [3.8, 4) is 11.1 Å². The largest absolute Gasteiger partial charge is 0.442 e. The fourth-order valence-corrected chi connectivity index (χ4v) is 6.47. The van der Waals surface area contributed by atoms with Crippen LogP contribution in [-0.4, -0.2) is 121 Å². The summed E-state index contributed by atoms with van der Waals surface area (Å²) in [6, 6.07) is 7.53. The number of pyridine rings is 1. The van der Waals surface area contributed by atoms with Crippen LogP contribution in [0.15, 0.2) is 41.7 Å². The fraction of sp³-hybridized carbons (Fsp3) is 0.464. The zero-order valence-corrected chi connectivity index (χ0v) is 27.1. The Morgan fingerprint density at radius 1 is 1.13 bits per heavy atom. The van der Waals surface area contributed by atoms with Gasteiger partial charge in [-0.2, -0.15) is 0 Å². The lowest BCUT2D eigenvalue weighted by Gasteiger charge is -2.25. The van der Waals surface area contributed by atoms with E-state index in [4.69, 9.17) is 9.57 Å². The second-order valence-corrected chi connectivity index (χ2v) is 14.1. The van der Waals surface area contributed by atoms with Crippen molar-refractivity contribution in [3.05, 3.63) is 48.0 Å². The third kappa shape index (κ3) is 8.99. The molecule has 0 spiro atoms. The maximum absolute atomic E-state index is 15.3. The number of nitrogens with zero attached hydrogens (tertiary/aromatic N) is 5. The van der Waals surface area contributed by atoms with Crippen LogP contribution in [0.4, 0.5) is 14.9 Å². The smallest absolute Gasteiger partial charge is 0.414 e. The lowest BCUT2D eigenvalue weighted by atomic mass is 10.0. The first-order valence-electron chi connectivity index (χ1n) is 14.2. The topological polar surface area (TPSA) is 206 Å². The molecular weight excluding hydrogens is 647 g/mol. The Balaban J connectivity index is 1.38. The van der Waals surface area contributed by atoms with Crippen molar-refractivity contribution < 1.29 is 53.0 Å². The third-order valence-electron chi connectivity index (χ3n) is 7.31. The first-order valence-corrected chi connectivity index (χ1v) is 16.8. The van der Waals surface area contributed by atoms with Crippen LogP contribution in [0.1, 0.15) is 31.9 Å². The van der Waals surface area contributed by atoms with E-state index in [-0.39, 0.29) is 30.4 Å². The summed E-state index contributed by atoms with van der Waals surface area (Å²) >= 11 is 0. The summed E-state index contributed by atoms with van der Waals surface area (Å²) in [7, 11) is -1.97. The van der Waals surface area contributed by atoms with E-state index < -0.39 is 64.5 Å². The molecule has 3 atom stereocenters. The van der Waals surface area contributed by atoms with Crippen LogP contribution in [0.3, 0.4) is 0 Å². The number of ether oxygens (including phenoxy) is 1. The van der Waals surface area contributed by atoms with E-state index in [1.54, 1.807) is 12.1 Å². The van der Waals surface area contributed by atoms with Gasteiger partial charge in [0.1, 0.15) is 29.1 Å². The molecule has 46 heavy (non-hydrogen) atoms. The van der Waals surface area contributed by atoms with Crippen molar-refractivity contribution in [1.82, 2.24) is 14.8 Å². The highest BCUT2D eigenvalue weighted by atomic mass is 31.2. The number of amides is 3. The number of carbonyl (C=O) groups is 3. The molecule has 3 unspecified atom stereocenters. The van der Waals surface area contributed by atoms with Crippen LogP contribution in [0.5, 0.6) is 0 Å². The molecule has 15 nitrogen and oxygen atoms in total. The van der Waals surface area contributed by atoms with Gasteiger partial charge in [0.2, 0.25) is 11.8 Å². The van der Waals surface area contributed by atoms with Gasteiger partial charge < -0.3 is 39.2 Å². The van der Waals surface area contributed by atoms with E-state index >= 15 is 4.39 Å². The Labute approximate surface area is 266 Å². The standard InChI is InChI=1S/C28H36FN5O10P2/c1-16(35)33(26(37)11-27(45(39)40)46(41)42)14-21-15-34(28(38)43-21)18-5-6-22(23(29)8-18)17-4-7-24(30-12-17)25-10-20(44-31-25)9-19(36)13-32(2)3/h4-8,12,19-21,27,36,39-42H,9-11,13-15H2,1-3H3. The minimum Gasteiger partial charge on any atom is -0.442 e. The zero-order chi connectivity index (χ0) is 33.7. The van der Waals surface area contributed by atoms with Gasteiger partial charge in [0.25, 0.3) is 0 Å². The zero-order valence-electron chi connectivity index (χ0n) is 25.3. The molecule has 250 valence electrons. The number of aliphatic hydroxyl groups is 1. The van der Waals surface area contributed by atoms with Gasteiger partial charge in [0, 0.05) is 50.1 Å². The number of likely N-dealkylation sites (N-methyl/N-ethyl adjacent to an activating group) is 1. The van der Waals surface area contributed by atoms with Crippen molar-refractivity contribution in [3.63, 3.8) is 0 Å². The molecule has 18 heteroatoms. The summed E-state index contributed by atoms with van der Waals surface area (Å²) in [5.74, 6) is -2.26. The van der Waals surface area contributed by atoms with Crippen molar-refractivity contribution in [2.45, 2.75) is 49.9 Å². The summed E-state index contributed by atoms with van der Waals surface area (Å²) in [6.07, 6.45) is -0.952. The SMILES string of the molecule is CC(=O)N(CC1CN(c2ccc(-c3ccc(C4=NOC(CC(O)CN(C)C)C4)nc3)c(F)c2)C(=O)O1)C(=O)CC(P(O)O)P(O)O. The Bertz CT molecular complexity index is 1440. The van der Waals surface area contributed by atoms with Gasteiger partial charge in [-0.25, -0.2) is 9.18 Å². The summed E-state index contributed by atoms with van der Waals surface area (Å²) in [6.45, 7) is 1.09. The molecule has 5 N–H and O–H groups in total. The lowest BCUT2D eigenvalue weighted by Crippen LogP contribution is -2.42. The predicted octanol–water partition coefficient (Wildman–Crippen LogP) is 1.70. The number of aliphatic hydroxyl groups excluding tert-OH is 1. The monoisotopic (exact) mass is 683 g/mol. The van der Waals surface area contributed by atoms with Gasteiger partial charge >= 0.3 is 6.09 Å². The number of anilines is 1. The van der Waals surface area contributed by atoms with Crippen LogP contribution in [-0.2, 0) is 19.2 Å². The summed E-state index contributed by atoms with van der Waals surface area (Å²) in [5, 5.41) is 12.7. The molecule has 4 rings (SSSR count). The van der Waals surface area contributed by atoms with Gasteiger partial charge in [-0.1, -0.05) is 11.2 Å². The third-order valence-corrected chi connectivity index (χ3v) is 9.98. The number of hydrogen-bond donors (Lipinski definition) is 5. The Kier molecular flexibility index (Phi) is 12.1. The van der Waals surface area contributed by atoms with Crippen LogP contribution in [0, 0.1) is 5.82 Å². The molecule has 1 aromatic carbocycles. The normalized spacial score (nSPS) is 18.8. The van der Waals surface area contributed by atoms with E-state index in [0.717, 1.165) is 22.8 Å².